The molecule has 1 rings (SSSR count). The Morgan fingerprint density at radius 3 is 2.12 bits per heavy atom. The summed E-state index contributed by atoms with van der Waals surface area (Å²) in [5.74, 6) is 0.558. The van der Waals surface area contributed by atoms with Crippen LogP contribution in [0.4, 0.5) is 5.69 Å². The zero-order valence-corrected chi connectivity index (χ0v) is 13.4. The molecular formula is C12H19Cl2NOSi. The number of nitrogen functional groups attached to an aromatic ring is 1. The second-order valence-electron chi connectivity index (χ2n) is 5.67. The van der Waals surface area contributed by atoms with Crippen molar-refractivity contribution in [2.75, 3.05) is 5.73 Å². The lowest BCUT2D eigenvalue weighted by Crippen LogP contribution is -2.44. The van der Waals surface area contributed by atoms with E-state index in [9.17, 15) is 0 Å². The van der Waals surface area contributed by atoms with Crippen molar-refractivity contribution < 1.29 is 4.43 Å². The van der Waals surface area contributed by atoms with E-state index in [1.165, 1.54) is 0 Å². The molecule has 96 valence electrons. The van der Waals surface area contributed by atoms with E-state index in [1.807, 2.05) is 0 Å². The van der Waals surface area contributed by atoms with E-state index in [4.69, 9.17) is 33.4 Å². The predicted octanol–water partition coefficient (Wildman–Crippen LogP) is 4.96. The van der Waals surface area contributed by atoms with Gasteiger partial charge in [-0.15, -0.1) is 0 Å². The molecule has 0 unspecified atom stereocenters. The molecule has 0 radical (unpaired) electrons. The Kier molecular flexibility index (Phi) is 4.07. The molecule has 0 fully saturated rings. The minimum atomic E-state index is -1.93. The molecule has 17 heavy (non-hydrogen) atoms. The number of nitrogens with two attached hydrogens (primary N) is 1. The first kappa shape index (κ1) is 14.7. The summed E-state index contributed by atoms with van der Waals surface area (Å²) in [5.41, 5.74) is 6.39. The molecule has 0 saturated heterocycles. The molecule has 5 heteroatoms. The largest absolute Gasteiger partial charge is 0.541 e. The average Bonchev–Trinajstić information content (AvgIpc) is 2.09. The molecule has 0 saturated carbocycles. The molecule has 0 aliphatic rings. The van der Waals surface area contributed by atoms with Crippen molar-refractivity contribution in [3.8, 4) is 5.75 Å². The van der Waals surface area contributed by atoms with E-state index < -0.39 is 8.32 Å². The Hall–Kier alpha value is -0.383. The van der Waals surface area contributed by atoms with Crippen LogP contribution in [0.15, 0.2) is 12.1 Å². The molecule has 1 aromatic rings. The number of rotatable bonds is 2. The van der Waals surface area contributed by atoms with Crippen LogP contribution in [0.3, 0.4) is 0 Å². The summed E-state index contributed by atoms with van der Waals surface area (Å²) in [4.78, 5) is 0. The van der Waals surface area contributed by atoms with Crippen molar-refractivity contribution in [1.82, 2.24) is 0 Å². The van der Waals surface area contributed by atoms with Crippen LogP contribution in [-0.4, -0.2) is 8.32 Å². The minimum Gasteiger partial charge on any atom is -0.541 e. The van der Waals surface area contributed by atoms with Gasteiger partial charge in [-0.1, -0.05) is 44.0 Å². The van der Waals surface area contributed by atoms with Gasteiger partial charge >= 0.3 is 0 Å². The molecule has 2 N–H and O–H groups in total. The monoisotopic (exact) mass is 291 g/mol. The third-order valence-corrected chi connectivity index (χ3v) is 8.03. The number of anilines is 1. The van der Waals surface area contributed by atoms with Gasteiger partial charge in [0.05, 0.1) is 10.7 Å². The number of hydrogen-bond donors (Lipinski definition) is 1. The summed E-state index contributed by atoms with van der Waals surface area (Å²) in [6.45, 7) is 10.8. The van der Waals surface area contributed by atoms with Gasteiger partial charge in [0.15, 0.2) is 0 Å². The maximum Gasteiger partial charge on any atom is 0.250 e. The van der Waals surface area contributed by atoms with Crippen LogP contribution >= 0.6 is 23.2 Å². The van der Waals surface area contributed by atoms with E-state index in [-0.39, 0.29) is 5.04 Å². The Balaban J connectivity index is 3.13. The van der Waals surface area contributed by atoms with Gasteiger partial charge in [-0.05, 0) is 30.3 Å². The van der Waals surface area contributed by atoms with Gasteiger partial charge in [-0.3, -0.25) is 0 Å². The predicted molar refractivity (Wildman–Crippen MR) is 78.7 cm³/mol. The van der Waals surface area contributed by atoms with E-state index in [0.717, 1.165) is 0 Å². The SMILES string of the molecule is CC(C)(C)[Si](C)(C)Oc1c(N)cc(Cl)cc1Cl. The fourth-order valence-electron chi connectivity index (χ4n) is 1.10. The zero-order valence-electron chi connectivity index (χ0n) is 10.9. The van der Waals surface area contributed by atoms with E-state index in [1.54, 1.807) is 12.1 Å². The van der Waals surface area contributed by atoms with Crippen molar-refractivity contribution in [1.29, 1.82) is 0 Å². The van der Waals surface area contributed by atoms with Crippen LogP contribution in [0.25, 0.3) is 0 Å². The zero-order chi connectivity index (χ0) is 13.4. The lowest BCUT2D eigenvalue weighted by molar-refractivity contribution is 0.494. The standard InChI is InChI=1S/C12H19Cl2NOSi/c1-12(2,3)17(4,5)16-11-9(14)6-8(13)7-10(11)15/h6-7H,15H2,1-5H3. The molecule has 0 aliphatic heterocycles. The lowest BCUT2D eigenvalue weighted by Gasteiger charge is -2.37. The van der Waals surface area contributed by atoms with E-state index in [2.05, 4.69) is 33.9 Å². The molecule has 0 aliphatic carbocycles. The summed E-state index contributed by atoms with van der Waals surface area (Å²) in [7, 11) is -1.93. The first-order valence-corrected chi connectivity index (χ1v) is 9.14. The molecule has 0 heterocycles. The highest BCUT2D eigenvalue weighted by molar-refractivity contribution is 6.74. The Morgan fingerprint density at radius 2 is 1.71 bits per heavy atom. The second-order valence-corrected chi connectivity index (χ2v) is 11.2. The summed E-state index contributed by atoms with van der Waals surface area (Å²) >= 11 is 12.0. The fourth-order valence-corrected chi connectivity index (χ4v) is 2.75. The van der Waals surface area contributed by atoms with Gasteiger partial charge in [0.25, 0.3) is 8.32 Å². The van der Waals surface area contributed by atoms with Crippen molar-refractivity contribution in [2.24, 2.45) is 0 Å². The smallest absolute Gasteiger partial charge is 0.250 e. The quantitative estimate of drug-likeness (QED) is 0.617. The summed E-state index contributed by atoms with van der Waals surface area (Å²) in [5, 5.41) is 1.09. The minimum absolute atomic E-state index is 0.0996. The molecule has 0 aromatic heterocycles. The maximum absolute atomic E-state index is 6.12. The van der Waals surface area contributed by atoms with Crippen LogP contribution in [0, 0.1) is 0 Å². The van der Waals surface area contributed by atoms with Crippen molar-refractivity contribution in [3.63, 3.8) is 0 Å². The molecule has 0 bridgehead atoms. The van der Waals surface area contributed by atoms with Gasteiger partial charge in [-0.25, -0.2) is 0 Å². The second kappa shape index (κ2) is 4.71. The average molecular weight is 292 g/mol. The number of hydrogen-bond acceptors (Lipinski definition) is 2. The van der Waals surface area contributed by atoms with Crippen molar-refractivity contribution >= 4 is 37.2 Å². The number of halogens is 2. The Bertz CT molecular complexity index is 404. The summed E-state index contributed by atoms with van der Waals surface area (Å²) < 4.78 is 6.11. The molecule has 0 atom stereocenters. The van der Waals surface area contributed by atoms with Crippen LogP contribution in [0.5, 0.6) is 5.75 Å². The van der Waals surface area contributed by atoms with Crippen molar-refractivity contribution in [2.45, 2.75) is 38.9 Å². The molecule has 0 spiro atoms. The Morgan fingerprint density at radius 1 is 1.18 bits per heavy atom. The normalized spacial score (nSPS) is 12.6. The van der Waals surface area contributed by atoms with Gasteiger partial charge < -0.3 is 10.2 Å². The third-order valence-electron chi connectivity index (χ3n) is 3.20. The molecule has 1 aromatic carbocycles. The van der Waals surface area contributed by atoms with E-state index >= 15 is 0 Å². The first-order chi connectivity index (χ1) is 7.54. The topological polar surface area (TPSA) is 35.2 Å². The highest BCUT2D eigenvalue weighted by atomic mass is 35.5. The third kappa shape index (κ3) is 3.30. The number of benzene rings is 1. The highest BCUT2D eigenvalue weighted by Gasteiger charge is 2.39. The highest BCUT2D eigenvalue weighted by Crippen LogP contribution is 2.42. The van der Waals surface area contributed by atoms with Gasteiger partial charge in [-0.2, -0.15) is 0 Å². The first-order valence-electron chi connectivity index (χ1n) is 5.48. The van der Waals surface area contributed by atoms with E-state index in [0.29, 0.717) is 21.5 Å². The van der Waals surface area contributed by atoms with Crippen LogP contribution in [-0.2, 0) is 0 Å². The Labute approximate surface area is 114 Å². The molecule has 2 nitrogen and oxygen atoms in total. The summed E-state index contributed by atoms with van der Waals surface area (Å²) in [6, 6.07) is 3.32. The van der Waals surface area contributed by atoms with Crippen LogP contribution in [0.1, 0.15) is 20.8 Å². The summed E-state index contributed by atoms with van der Waals surface area (Å²) in [6.07, 6.45) is 0. The fraction of sp³-hybridized carbons (Fsp3) is 0.500. The van der Waals surface area contributed by atoms with Crippen molar-refractivity contribution in [3.05, 3.63) is 22.2 Å². The van der Waals surface area contributed by atoms with Gasteiger partial charge in [0.1, 0.15) is 5.75 Å². The van der Waals surface area contributed by atoms with Gasteiger partial charge in [0.2, 0.25) is 0 Å². The lowest BCUT2D eigenvalue weighted by atomic mass is 10.2. The molecular weight excluding hydrogens is 273 g/mol. The van der Waals surface area contributed by atoms with Gasteiger partial charge in [0, 0.05) is 5.02 Å². The van der Waals surface area contributed by atoms with Crippen LogP contribution < -0.4 is 10.2 Å². The van der Waals surface area contributed by atoms with Crippen LogP contribution in [0.2, 0.25) is 28.2 Å². The molecule has 0 amide bonds. The maximum atomic E-state index is 6.12.